The number of ether oxygens (including phenoxy) is 1. The van der Waals surface area contributed by atoms with Gasteiger partial charge in [0.2, 0.25) is 10.0 Å². The van der Waals surface area contributed by atoms with E-state index in [1.807, 2.05) is 0 Å². The molecular formula is C13H12BrFN2O3S. The van der Waals surface area contributed by atoms with Crippen LogP contribution in [-0.4, -0.2) is 15.5 Å². The van der Waals surface area contributed by atoms with Crippen molar-refractivity contribution in [2.24, 2.45) is 0 Å². The minimum Gasteiger partial charge on any atom is -0.454 e. The lowest BCUT2D eigenvalue weighted by Crippen LogP contribution is -2.19. The average Bonchev–Trinajstić information content (AvgIpc) is 2.42. The number of nitrogen functional groups attached to an aromatic ring is 1. The third-order valence-electron chi connectivity index (χ3n) is 2.66. The monoisotopic (exact) mass is 374 g/mol. The number of anilines is 1. The van der Waals surface area contributed by atoms with Gasteiger partial charge in [0, 0.05) is 10.5 Å². The van der Waals surface area contributed by atoms with Gasteiger partial charge in [-0.15, -0.1) is 0 Å². The molecular weight excluding hydrogens is 363 g/mol. The first-order valence-corrected chi connectivity index (χ1v) is 8.07. The van der Waals surface area contributed by atoms with Crippen LogP contribution in [0.1, 0.15) is 0 Å². The predicted octanol–water partition coefficient (Wildman–Crippen LogP) is 2.87. The summed E-state index contributed by atoms with van der Waals surface area (Å²) >= 11 is 3.14. The number of sulfonamides is 1. The highest BCUT2D eigenvalue weighted by atomic mass is 79.9. The lowest BCUT2D eigenvalue weighted by molar-refractivity contribution is 0.442. The number of halogens is 2. The number of benzene rings is 2. The van der Waals surface area contributed by atoms with Crippen molar-refractivity contribution in [3.63, 3.8) is 0 Å². The molecule has 0 saturated carbocycles. The van der Waals surface area contributed by atoms with E-state index in [1.54, 1.807) is 6.07 Å². The summed E-state index contributed by atoms with van der Waals surface area (Å²) in [5.74, 6) is -0.291. The quantitative estimate of drug-likeness (QED) is 0.806. The van der Waals surface area contributed by atoms with Gasteiger partial charge in [-0.25, -0.2) is 17.5 Å². The van der Waals surface area contributed by atoms with E-state index in [-0.39, 0.29) is 22.1 Å². The minimum absolute atomic E-state index is 0.0133. The maximum atomic E-state index is 13.7. The fraction of sp³-hybridized carbons (Fsp3) is 0.0769. The Morgan fingerprint density at radius 3 is 2.52 bits per heavy atom. The van der Waals surface area contributed by atoms with E-state index in [2.05, 4.69) is 20.7 Å². The van der Waals surface area contributed by atoms with Crippen molar-refractivity contribution < 1.29 is 17.5 Å². The molecule has 0 spiro atoms. The Hall–Kier alpha value is -1.64. The second-order valence-electron chi connectivity index (χ2n) is 4.08. The van der Waals surface area contributed by atoms with E-state index in [4.69, 9.17) is 10.5 Å². The Morgan fingerprint density at radius 1 is 1.24 bits per heavy atom. The Kier molecular flexibility index (Phi) is 4.50. The molecule has 0 aliphatic carbocycles. The number of hydrogen-bond acceptors (Lipinski definition) is 4. The van der Waals surface area contributed by atoms with Crippen LogP contribution < -0.4 is 15.2 Å². The highest BCUT2D eigenvalue weighted by Crippen LogP contribution is 2.30. The second-order valence-corrected chi connectivity index (χ2v) is 6.85. The van der Waals surface area contributed by atoms with Crippen molar-refractivity contribution in [3.8, 4) is 11.5 Å². The molecule has 0 radical (unpaired) electrons. The van der Waals surface area contributed by atoms with Crippen LogP contribution in [-0.2, 0) is 10.0 Å². The Balaban J connectivity index is 2.33. The van der Waals surface area contributed by atoms with Crippen LogP contribution in [0.15, 0.2) is 45.8 Å². The number of nitrogens with two attached hydrogens (primary N) is 1. The molecule has 0 fully saturated rings. The number of rotatable bonds is 4. The SMILES string of the molecule is CNS(=O)(=O)c1ccc(Oc2ccc(Br)cc2F)cc1N. The predicted molar refractivity (Wildman–Crippen MR) is 81.3 cm³/mol. The molecule has 112 valence electrons. The van der Waals surface area contributed by atoms with Gasteiger partial charge in [0.05, 0.1) is 5.69 Å². The van der Waals surface area contributed by atoms with Gasteiger partial charge >= 0.3 is 0 Å². The zero-order valence-corrected chi connectivity index (χ0v) is 13.3. The van der Waals surface area contributed by atoms with E-state index in [9.17, 15) is 12.8 Å². The molecule has 5 nitrogen and oxygen atoms in total. The van der Waals surface area contributed by atoms with E-state index in [0.717, 1.165) is 0 Å². The average molecular weight is 375 g/mol. The molecule has 8 heteroatoms. The Morgan fingerprint density at radius 2 is 1.95 bits per heavy atom. The first-order chi connectivity index (χ1) is 9.83. The standard InChI is InChI=1S/C13H12BrFN2O3S/c1-17-21(18,19)13-5-3-9(7-11(13)16)20-12-4-2-8(14)6-10(12)15/h2-7,17H,16H2,1H3. The second kappa shape index (κ2) is 6.00. The molecule has 0 aliphatic heterocycles. The first kappa shape index (κ1) is 15.7. The summed E-state index contributed by atoms with van der Waals surface area (Å²) in [5.41, 5.74) is 5.71. The third-order valence-corrected chi connectivity index (χ3v) is 4.64. The normalized spacial score (nSPS) is 11.4. The smallest absolute Gasteiger partial charge is 0.242 e. The number of hydrogen-bond donors (Lipinski definition) is 2. The van der Waals surface area contributed by atoms with Gasteiger partial charge in [0.1, 0.15) is 10.6 Å². The molecule has 0 unspecified atom stereocenters. The summed E-state index contributed by atoms with van der Waals surface area (Å²) in [4.78, 5) is -0.0615. The molecule has 0 aliphatic rings. The van der Waals surface area contributed by atoms with Crippen molar-refractivity contribution in [2.75, 3.05) is 12.8 Å². The van der Waals surface area contributed by atoms with Gasteiger partial charge < -0.3 is 10.5 Å². The summed E-state index contributed by atoms with van der Waals surface area (Å²) < 4.78 is 45.1. The van der Waals surface area contributed by atoms with Crippen LogP contribution in [0.5, 0.6) is 11.5 Å². The number of nitrogens with one attached hydrogen (secondary N) is 1. The lowest BCUT2D eigenvalue weighted by atomic mass is 10.3. The van der Waals surface area contributed by atoms with Crippen LogP contribution >= 0.6 is 15.9 Å². The van der Waals surface area contributed by atoms with E-state index < -0.39 is 15.8 Å². The maximum Gasteiger partial charge on any atom is 0.242 e. The van der Waals surface area contributed by atoms with Crippen molar-refractivity contribution >= 4 is 31.6 Å². The fourth-order valence-corrected chi connectivity index (χ4v) is 2.80. The van der Waals surface area contributed by atoms with Crippen molar-refractivity contribution in [3.05, 3.63) is 46.7 Å². The zero-order chi connectivity index (χ0) is 15.6. The summed E-state index contributed by atoms with van der Waals surface area (Å²) in [6.45, 7) is 0. The Labute approximate surface area is 130 Å². The minimum atomic E-state index is -3.64. The molecule has 0 bridgehead atoms. The fourth-order valence-electron chi connectivity index (χ4n) is 1.63. The topological polar surface area (TPSA) is 81.4 Å². The molecule has 2 rings (SSSR count). The lowest BCUT2D eigenvalue weighted by Gasteiger charge is -2.10. The van der Waals surface area contributed by atoms with Crippen LogP contribution in [0.4, 0.5) is 10.1 Å². The van der Waals surface area contributed by atoms with E-state index in [0.29, 0.717) is 4.47 Å². The molecule has 0 atom stereocenters. The van der Waals surface area contributed by atoms with Crippen LogP contribution in [0.25, 0.3) is 0 Å². The van der Waals surface area contributed by atoms with Gasteiger partial charge in [-0.05, 0) is 37.4 Å². The van der Waals surface area contributed by atoms with Crippen molar-refractivity contribution in [2.45, 2.75) is 4.90 Å². The third kappa shape index (κ3) is 3.52. The molecule has 2 aromatic carbocycles. The molecule has 0 aromatic heterocycles. The molecule has 0 amide bonds. The van der Waals surface area contributed by atoms with Crippen molar-refractivity contribution in [1.29, 1.82) is 0 Å². The molecule has 0 heterocycles. The van der Waals surface area contributed by atoms with Crippen LogP contribution in [0, 0.1) is 5.82 Å². The molecule has 3 N–H and O–H groups in total. The highest BCUT2D eigenvalue weighted by molar-refractivity contribution is 9.10. The van der Waals surface area contributed by atoms with Gasteiger partial charge in [0.15, 0.2) is 11.6 Å². The van der Waals surface area contributed by atoms with E-state index >= 15 is 0 Å². The summed E-state index contributed by atoms with van der Waals surface area (Å²) in [5, 5.41) is 0. The summed E-state index contributed by atoms with van der Waals surface area (Å²) in [6, 6.07) is 8.37. The Bertz CT molecular complexity index is 781. The van der Waals surface area contributed by atoms with Gasteiger partial charge in [0.25, 0.3) is 0 Å². The maximum absolute atomic E-state index is 13.7. The highest BCUT2D eigenvalue weighted by Gasteiger charge is 2.16. The zero-order valence-electron chi connectivity index (χ0n) is 10.9. The molecule has 2 aromatic rings. The van der Waals surface area contributed by atoms with Gasteiger partial charge in [-0.3, -0.25) is 0 Å². The first-order valence-electron chi connectivity index (χ1n) is 5.79. The van der Waals surface area contributed by atoms with Crippen molar-refractivity contribution in [1.82, 2.24) is 4.72 Å². The van der Waals surface area contributed by atoms with E-state index in [1.165, 1.54) is 37.4 Å². The molecule has 21 heavy (non-hydrogen) atoms. The largest absolute Gasteiger partial charge is 0.454 e. The summed E-state index contributed by atoms with van der Waals surface area (Å²) in [6.07, 6.45) is 0. The van der Waals surface area contributed by atoms with Gasteiger partial charge in [-0.2, -0.15) is 0 Å². The van der Waals surface area contributed by atoms with Gasteiger partial charge in [-0.1, -0.05) is 15.9 Å². The van der Waals surface area contributed by atoms with Crippen LogP contribution in [0.2, 0.25) is 0 Å². The van der Waals surface area contributed by atoms with Crippen LogP contribution in [0.3, 0.4) is 0 Å². The molecule has 0 saturated heterocycles. The summed E-state index contributed by atoms with van der Waals surface area (Å²) in [7, 11) is -2.36.